The predicted octanol–water partition coefficient (Wildman–Crippen LogP) is 2.45. The standard InChI is InChI=1S/C13H17ClN4O3/c1-7(8-3-2-4-8)16-13(19)9-5-10(14)12(17-15)11(6-9)18(20)21/h5-8,17H,2-4,15H2,1H3,(H,16,19). The number of nitrogens with two attached hydrogens (primary N) is 1. The zero-order valence-electron chi connectivity index (χ0n) is 11.6. The first-order valence-corrected chi connectivity index (χ1v) is 7.07. The molecule has 1 fully saturated rings. The number of carbonyl (C=O) groups is 1. The molecule has 1 unspecified atom stereocenters. The highest BCUT2D eigenvalue weighted by Gasteiger charge is 2.26. The van der Waals surface area contributed by atoms with Gasteiger partial charge in [-0.1, -0.05) is 18.0 Å². The minimum absolute atomic E-state index is 0.00902. The van der Waals surface area contributed by atoms with Gasteiger partial charge in [-0.3, -0.25) is 20.8 Å². The van der Waals surface area contributed by atoms with Crippen LogP contribution in [0.25, 0.3) is 0 Å². The summed E-state index contributed by atoms with van der Waals surface area (Å²) in [5.74, 6) is 5.33. The smallest absolute Gasteiger partial charge is 0.295 e. The molecule has 1 aliphatic rings. The Balaban J connectivity index is 2.22. The first-order chi connectivity index (χ1) is 9.93. The third kappa shape index (κ3) is 3.25. The molecule has 0 aliphatic heterocycles. The zero-order valence-corrected chi connectivity index (χ0v) is 12.3. The van der Waals surface area contributed by atoms with Gasteiger partial charge in [0, 0.05) is 17.7 Å². The lowest BCUT2D eigenvalue weighted by molar-refractivity contribution is -0.384. The maximum atomic E-state index is 12.2. The van der Waals surface area contributed by atoms with Crippen LogP contribution in [-0.2, 0) is 0 Å². The van der Waals surface area contributed by atoms with Crippen LogP contribution in [0.1, 0.15) is 36.5 Å². The third-order valence-electron chi connectivity index (χ3n) is 3.89. The van der Waals surface area contributed by atoms with E-state index in [1.54, 1.807) is 0 Å². The zero-order chi connectivity index (χ0) is 15.6. The number of nitrogens with one attached hydrogen (secondary N) is 2. The van der Waals surface area contributed by atoms with Crippen LogP contribution in [0.4, 0.5) is 11.4 Å². The number of hydrogen-bond acceptors (Lipinski definition) is 5. The average molecular weight is 313 g/mol. The van der Waals surface area contributed by atoms with Crippen LogP contribution in [0.15, 0.2) is 12.1 Å². The largest absolute Gasteiger partial charge is 0.349 e. The van der Waals surface area contributed by atoms with Crippen molar-refractivity contribution in [2.24, 2.45) is 11.8 Å². The molecule has 4 N–H and O–H groups in total. The van der Waals surface area contributed by atoms with Crippen LogP contribution < -0.4 is 16.6 Å². The first-order valence-electron chi connectivity index (χ1n) is 6.69. The molecule has 1 aliphatic carbocycles. The SMILES string of the molecule is CC(NC(=O)c1cc(Cl)c(NN)c([N+](=O)[O-])c1)C1CCC1. The van der Waals surface area contributed by atoms with Crippen molar-refractivity contribution in [2.75, 3.05) is 5.43 Å². The maximum absolute atomic E-state index is 12.2. The lowest BCUT2D eigenvalue weighted by Gasteiger charge is -2.31. The van der Waals surface area contributed by atoms with Crippen molar-refractivity contribution in [3.8, 4) is 0 Å². The average Bonchev–Trinajstić information content (AvgIpc) is 2.35. The van der Waals surface area contributed by atoms with Crippen LogP contribution in [-0.4, -0.2) is 16.9 Å². The van der Waals surface area contributed by atoms with Crippen LogP contribution in [0.2, 0.25) is 5.02 Å². The Morgan fingerprint density at radius 2 is 2.19 bits per heavy atom. The molecule has 2 rings (SSSR count). The van der Waals surface area contributed by atoms with E-state index in [0.717, 1.165) is 12.8 Å². The molecule has 0 aromatic heterocycles. The number of rotatable bonds is 5. The topological polar surface area (TPSA) is 110 Å². The molecule has 0 heterocycles. The summed E-state index contributed by atoms with van der Waals surface area (Å²) >= 11 is 5.93. The summed E-state index contributed by atoms with van der Waals surface area (Å²) in [6, 6.07) is 2.58. The van der Waals surface area contributed by atoms with E-state index in [9.17, 15) is 14.9 Å². The van der Waals surface area contributed by atoms with Gasteiger partial charge in [-0.15, -0.1) is 0 Å². The van der Waals surface area contributed by atoms with Gasteiger partial charge in [-0.25, -0.2) is 0 Å². The van der Waals surface area contributed by atoms with Gasteiger partial charge in [0.15, 0.2) is 0 Å². The van der Waals surface area contributed by atoms with Crippen LogP contribution in [0, 0.1) is 16.0 Å². The summed E-state index contributed by atoms with van der Waals surface area (Å²) in [6.07, 6.45) is 3.37. The van der Waals surface area contributed by atoms with E-state index in [-0.39, 0.29) is 33.9 Å². The number of nitrogens with zero attached hydrogens (tertiary/aromatic N) is 1. The van der Waals surface area contributed by atoms with Gasteiger partial charge in [0.1, 0.15) is 5.69 Å². The molecule has 0 spiro atoms. The number of amides is 1. The molecule has 1 aromatic carbocycles. The lowest BCUT2D eigenvalue weighted by atomic mass is 9.80. The second-order valence-corrected chi connectivity index (χ2v) is 5.61. The monoisotopic (exact) mass is 312 g/mol. The summed E-state index contributed by atoms with van der Waals surface area (Å²) in [6.45, 7) is 1.94. The highest BCUT2D eigenvalue weighted by molar-refractivity contribution is 6.34. The van der Waals surface area contributed by atoms with Crippen LogP contribution in [0.3, 0.4) is 0 Å². The number of hydrogen-bond donors (Lipinski definition) is 3. The van der Waals surface area contributed by atoms with Crippen molar-refractivity contribution in [1.82, 2.24) is 5.32 Å². The van der Waals surface area contributed by atoms with Gasteiger partial charge in [0.25, 0.3) is 11.6 Å². The van der Waals surface area contributed by atoms with E-state index in [2.05, 4.69) is 10.7 Å². The number of nitro benzene ring substituents is 1. The van der Waals surface area contributed by atoms with E-state index in [1.165, 1.54) is 18.6 Å². The molecule has 7 nitrogen and oxygen atoms in total. The first kappa shape index (κ1) is 15.5. The van der Waals surface area contributed by atoms with E-state index in [0.29, 0.717) is 5.92 Å². The fraction of sp³-hybridized carbons (Fsp3) is 0.462. The Kier molecular flexibility index (Phi) is 4.64. The molecule has 1 atom stereocenters. The number of hydrazine groups is 1. The van der Waals surface area contributed by atoms with Gasteiger partial charge in [0.05, 0.1) is 9.95 Å². The number of anilines is 1. The quantitative estimate of drug-likeness (QED) is 0.439. The van der Waals surface area contributed by atoms with Crippen molar-refractivity contribution in [3.05, 3.63) is 32.8 Å². The number of benzene rings is 1. The Morgan fingerprint density at radius 3 is 2.67 bits per heavy atom. The van der Waals surface area contributed by atoms with Gasteiger partial charge < -0.3 is 10.7 Å². The second-order valence-electron chi connectivity index (χ2n) is 5.21. The van der Waals surface area contributed by atoms with Crippen molar-refractivity contribution in [2.45, 2.75) is 32.2 Å². The van der Waals surface area contributed by atoms with E-state index in [4.69, 9.17) is 17.4 Å². The molecule has 0 bridgehead atoms. The van der Waals surface area contributed by atoms with E-state index in [1.807, 2.05) is 6.92 Å². The maximum Gasteiger partial charge on any atom is 0.295 e. The summed E-state index contributed by atoms with van der Waals surface area (Å²) in [5.41, 5.74) is 2.00. The summed E-state index contributed by atoms with van der Waals surface area (Å²) < 4.78 is 0. The van der Waals surface area contributed by atoms with Gasteiger partial charge in [0.2, 0.25) is 0 Å². The van der Waals surface area contributed by atoms with Gasteiger partial charge in [-0.2, -0.15) is 0 Å². The van der Waals surface area contributed by atoms with Crippen molar-refractivity contribution in [1.29, 1.82) is 0 Å². The molecule has 1 aromatic rings. The normalized spacial score (nSPS) is 16.0. The third-order valence-corrected chi connectivity index (χ3v) is 4.19. The minimum Gasteiger partial charge on any atom is -0.349 e. The highest BCUT2D eigenvalue weighted by Crippen LogP contribution is 2.33. The van der Waals surface area contributed by atoms with Crippen molar-refractivity contribution in [3.63, 3.8) is 0 Å². The highest BCUT2D eigenvalue weighted by atomic mass is 35.5. The number of nitro groups is 1. The summed E-state index contributed by atoms with van der Waals surface area (Å²) in [4.78, 5) is 22.6. The molecule has 21 heavy (non-hydrogen) atoms. The Morgan fingerprint density at radius 1 is 1.52 bits per heavy atom. The minimum atomic E-state index is -0.632. The summed E-state index contributed by atoms with van der Waals surface area (Å²) in [7, 11) is 0. The molecule has 1 amide bonds. The van der Waals surface area contributed by atoms with Gasteiger partial charge in [-0.05, 0) is 31.7 Å². The number of nitrogen functional groups attached to an aromatic ring is 1. The fourth-order valence-electron chi connectivity index (χ4n) is 2.36. The van der Waals surface area contributed by atoms with Crippen molar-refractivity contribution >= 4 is 28.9 Å². The molecular weight excluding hydrogens is 296 g/mol. The Labute approximate surface area is 127 Å². The number of halogens is 1. The molecular formula is C13H17ClN4O3. The molecule has 8 heteroatoms. The fourth-order valence-corrected chi connectivity index (χ4v) is 2.63. The van der Waals surface area contributed by atoms with E-state index >= 15 is 0 Å². The number of carbonyl (C=O) groups excluding carboxylic acids is 1. The Bertz CT molecular complexity index is 575. The van der Waals surface area contributed by atoms with Gasteiger partial charge >= 0.3 is 0 Å². The molecule has 114 valence electrons. The molecule has 1 saturated carbocycles. The van der Waals surface area contributed by atoms with E-state index < -0.39 is 4.92 Å². The molecule has 0 saturated heterocycles. The predicted molar refractivity (Wildman–Crippen MR) is 80.2 cm³/mol. The molecule has 0 radical (unpaired) electrons. The lowest BCUT2D eigenvalue weighted by Crippen LogP contribution is -2.40. The summed E-state index contributed by atoms with van der Waals surface area (Å²) in [5, 5.41) is 13.9. The van der Waals surface area contributed by atoms with Crippen LogP contribution in [0.5, 0.6) is 0 Å². The van der Waals surface area contributed by atoms with Crippen LogP contribution >= 0.6 is 11.6 Å². The second kappa shape index (κ2) is 6.28. The van der Waals surface area contributed by atoms with Crippen molar-refractivity contribution < 1.29 is 9.72 Å². The Hall–Kier alpha value is -1.86.